The molecule has 70 valence electrons. The van der Waals surface area contributed by atoms with Crippen molar-refractivity contribution in [1.82, 2.24) is 0 Å². The molecular weight excluding hydrogens is 164 g/mol. The molecule has 0 amide bonds. The Balaban J connectivity index is 2.81. The summed E-state index contributed by atoms with van der Waals surface area (Å²) >= 11 is 0. The van der Waals surface area contributed by atoms with Crippen molar-refractivity contribution in [1.29, 1.82) is 0 Å². The monoisotopic (exact) mass is 178 g/mol. The van der Waals surface area contributed by atoms with Crippen LogP contribution in [0, 0.1) is 0 Å². The topological polar surface area (TPSA) is 29.5 Å². The Morgan fingerprint density at radius 3 is 3.00 bits per heavy atom. The molecule has 2 heteroatoms. The van der Waals surface area contributed by atoms with Crippen molar-refractivity contribution in [3.05, 3.63) is 42.5 Å². The van der Waals surface area contributed by atoms with Crippen LogP contribution in [0.15, 0.2) is 36.9 Å². The number of aliphatic hydroxyl groups excluding tert-OH is 1. The minimum absolute atomic E-state index is 0.479. The maximum absolute atomic E-state index is 9.61. The zero-order valence-electron chi connectivity index (χ0n) is 7.73. The van der Waals surface area contributed by atoms with E-state index in [4.69, 9.17) is 4.74 Å². The number of hydrogen-bond donors (Lipinski definition) is 1. The summed E-state index contributed by atoms with van der Waals surface area (Å²) < 4.78 is 5.05. The predicted octanol–water partition coefficient (Wildman–Crippen LogP) is 2.30. The summed E-state index contributed by atoms with van der Waals surface area (Å²) in [6.07, 6.45) is 1.78. The van der Waals surface area contributed by atoms with Gasteiger partial charge in [0.1, 0.15) is 5.75 Å². The number of hydrogen-bond acceptors (Lipinski definition) is 2. The van der Waals surface area contributed by atoms with Crippen molar-refractivity contribution in [2.24, 2.45) is 0 Å². The summed E-state index contributed by atoms with van der Waals surface area (Å²) in [7, 11) is 1.61. The molecule has 0 unspecified atom stereocenters. The van der Waals surface area contributed by atoms with Crippen molar-refractivity contribution in [2.45, 2.75) is 12.5 Å². The predicted molar refractivity (Wildman–Crippen MR) is 52.8 cm³/mol. The number of benzene rings is 1. The number of ether oxygens (including phenoxy) is 1. The van der Waals surface area contributed by atoms with Crippen LogP contribution in [0.25, 0.3) is 0 Å². The molecule has 1 rings (SSSR count). The van der Waals surface area contributed by atoms with E-state index in [-0.39, 0.29) is 0 Å². The Kier molecular flexibility index (Phi) is 3.53. The lowest BCUT2D eigenvalue weighted by Gasteiger charge is -2.09. The second-order valence-electron chi connectivity index (χ2n) is 2.82. The quantitative estimate of drug-likeness (QED) is 0.717. The van der Waals surface area contributed by atoms with E-state index in [0.717, 1.165) is 11.3 Å². The van der Waals surface area contributed by atoms with Gasteiger partial charge in [-0.25, -0.2) is 0 Å². The first-order chi connectivity index (χ1) is 6.27. The van der Waals surface area contributed by atoms with Gasteiger partial charge in [-0.1, -0.05) is 18.2 Å². The van der Waals surface area contributed by atoms with E-state index in [2.05, 4.69) is 6.58 Å². The average molecular weight is 178 g/mol. The minimum atomic E-state index is -0.479. The highest BCUT2D eigenvalue weighted by Crippen LogP contribution is 2.21. The highest BCUT2D eigenvalue weighted by atomic mass is 16.5. The van der Waals surface area contributed by atoms with Crippen LogP contribution < -0.4 is 4.74 Å². The van der Waals surface area contributed by atoms with E-state index in [1.54, 1.807) is 13.2 Å². The maximum Gasteiger partial charge on any atom is 0.119 e. The van der Waals surface area contributed by atoms with Crippen molar-refractivity contribution in [3.63, 3.8) is 0 Å². The molecule has 1 atom stereocenters. The van der Waals surface area contributed by atoms with E-state index in [9.17, 15) is 5.11 Å². The lowest BCUT2D eigenvalue weighted by molar-refractivity contribution is 0.181. The van der Waals surface area contributed by atoms with Crippen molar-refractivity contribution >= 4 is 0 Å². The van der Waals surface area contributed by atoms with Gasteiger partial charge in [-0.3, -0.25) is 0 Å². The highest BCUT2D eigenvalue weighted by Gasteiger charge is 2.05. The summed E-state index contributed by atoms with van der Waals surface area (Å²) in [6.45, 7) is 3.58. The normalized spacial score (nSPS) is 12.2. The van der Waals surface area contributed by atoms with Crippen molar-refractivity contribution in [3.8, 4) is 5.75 Å². The Labute approximate surface area is 78.5 Å². The standard InChI is InChI=1S/C11H14O2/c1-3-5-11(12)9-6-4-7-10(8-9)13-2/h3-4,6-8,11-12H,1,5H2,2H3/t11-/m1/s1. The molecule has 0 bridgehead atoms. The molecule has 2 nitrogen and oxygen atoms in total. The first kappa shape index (κ1) is 9.81. The van der Waals surface area contributed by atoms with Crippen LogP contribution in [-0.2, 0) is 0 Å². The SMILES string of the molecule is C=CC[C@@H](O)c1cccc(OC)c1. The van der Waals surface area contributed by atoms with Crippen LogP contribution in [0.2, 0.25) is 0 Å². The Bertz CT molecular complexity index is 281. The van der Waals surface area contributed by atoms with Crippen LogP contribution >= 0.6 is 0 Å². The molecule has 1 N–H and O–H groups in total. The summed E-state index contributed by atoms with van der Waals surface area (Å²) in [5, 5.41) is 9.61. The van der Waals surface area contributed by atoms with Crippen LogP contribution in [0.4, 0.5) is 0 Å². The molecule has 0 aromatic heterocycles. The number of methoxy groups -OCH3 is 1. The fourth-order valence-corrected chi connectivity index (χ4v) is 1.14. The second-order valence-corrected chi connectivity index (χ2v) is 2.82. The Hall–Kier alpha value is -1.28. The molecular formula is C11H14O2. The van der Waals surface area contributed by atoms with Gasteiger partial charge in [-0.05, 0) is 24.1 Å². The molecule has 0 saturated heterocycles. The third-order valence-corrected chi connectivity index (χ3v) is 1.87. The molecule has 0 aliphatic carbocycles. The van der Waals surface area contributed by atoms with Crippen LogP contribution in [-0.4, -0.2) is 12.2 Å². The van der Waals surface area contributed by atoms with Gasteiger partial charge in [0.25, 0.3) is 0 Å². The highest BCUT2D eigenvalue weighted by molar-refractivity contribution is 5.29. The van der Waals surface area contributed by atoms with E-state index in [1.165, 1.54) is 0 Å². The van der Waals surface area contributed by atoms with E-state index in [0.29, 0.717) is 6.42 Å². The second kappa shape index (κ2) is 4.67. The van der Waals surface area contributed by atoms with E-state index in [1.807, 2.05) is 24.3 Å². The van der Waals surface area contributed by atoms with E-state index < -0.39 is 6.10 Å². The van der Waals surface area contributed by atoms with Crippen molar-refractivity contribution in [2.75, 3.05) is 7.11 Å². The lowest BCUT2D eigenvalue weighted by atomic mass is 10.1. The summed E-state index contributed by atoms with van der Waals surface area (Å²) in [4.78, 5) is 0. The Morgan fingerprint density at radius 1 is 1.62 bits per heavy atom. The van der Waals surface area contributed by atoms with Gasteiger partial charge in [0.15, 0.2) is 0 Å². The third-order valence-electron chi connectivity index (χ3n) is 1.87. The molecule has 0 saturated carbocycles. The molecule has 13 heavy (non-hydrogen) atoms. The largest absolute Gasteiger partial charge is 0.497 e. The van der Waals surface area contributed by atoms with Crippen LogP contribution in [0.3, 0.4) is 0 Å². The summed E-state index contributed by atoms with van der Waals surface area (Å²) in [5.41, 5.74) is 0.860. The molecule has 1 aromatic carbocycles. The van der Waals surface area contributed by atoms with Gasteiger partial charge in [0.2, 0.25) is 0 Å². The third kappa shape index (κ3) is 2.60. The summed E-state index contributed by atoms with van der Waals surface area (Å²) in [6, 6.07) is 7.41. The molecule has 0 spiro atoms. The zero-order chi connectivity index (χ0) is 9.68. The smallest absolute Gasteiger partial charge is 0.119 e. The number of rotatable bonds is 4. The lowest BCUT2D eigenvalue weighted by Crippen LogP contribution is -1.95. The summed E-state index contributed by atoms with van der Waals surface area (Å²) in [5.74, 6) is 0.764. The molecule has 0 aliphatic rings. The average Bonchev–Trinajstić information content (AvgIpc) is 2.18. The number of aliphatic hydroxyl groups is 1. The van der Waals surface area contributed by atoms with Gasteiger partial charge >= 0.3 is 0 Å². The Morgan fingerprint density at radius 2 is 2.38 bits per heavy atom. The zero-order valence-corrected chi connectivity index (χ0v) is 7.73. The van der Waals surface area contributed by atoms with Crippen LogP contribution in [0.1, 0.15) is 18.1 Å². The molecule has 0 fully saturated rings. The van der Waals surface area contributed by atoms with E-state index >= 15 is 0 Å². The van der Waals surface area contributed by atoms with Gasteiger partial charge in [0.05, 0.1) is 13.2 Å². The van der Waals surface area contributed by atoms with Gasteiger partial charge in [0, 0.05) is 0 Å². The first-order valence-electron chi connectivity index (χ1n) is 4.21. The minimum Gasteiger partial charge on any atom is -0.497 e. The first-order valence-corrected chi connectivity index (χ1v) is 4.21. The molecule has 1 aromatic rings. The fraction of sp³-hybridized carbons (Fsp3) is 0.273. The van der Waals surface area contributed by atoms with Gasteiger partial charge in [-0.15, -0.1) is 6.58 Å². The maximum atomic E-state index is 9.61. The van der Waals surface area contributed by atoms with Crippen LogP contribution in [0.5, 0.6) is 5.75 Å². The molecule has 0 aliphatic heterocycles. The van der Waals surface area contributed by atoms with Gasteiger partial charge < -0.3 is 9.84 Å². The fourth-order valence-electron chi connectivity index (χ4n) is 1.14. The molecule has 0 heterocycles. The van der Waals surface area contributed by atoms with Crippen molar-refractivity contribution < 1.29 is 9.84 Å². The molecule has 0 radical (unpaired) electrons. The van der Waals surface area contributed by atoms with Gasteiger partial charge in [-0.2, -0.15) is 0 Å².